The molecule has 1 aromatic heterocycles. The van der Waals surface area contributed by atoms with Crippen LogP contribution in [0.1, 0.15) is 37.8 Å². The number of pyridine rings is 1. The molecule has 1 aliphatic carbocycles. The van der Waals surface area contributed by atoms with Crippen molar-refractivity contribution in [2.24, 2.45) is 0 Å². The molecule has 0 spiro atoms. The van der Waals surface area contributed by atoms with E-state index in [9.17, 15) is 9.90 Å². The van der Waals surface area contributed by atoms with Gasteiger partial charge in [-0.15, -0.1) is 0 Å². The van der Waals surface area contributed by atoms with E-state index in [1.165, 1.54) is 0 Å². The minimum absolute atomic E-state index is 0.139. The number of aryl methyl sites for hydroxylation is 1. The molecule has 1 fully saturated rings. The Kier molecular flexibility index (Phi) is 3.43. The van der Waals surface area contributed by atoms with E-state index >= 15 is 0 Å². The van der Waals surface area contributed by atoms with E-state index in [4.69, 9.17) is 0 Å². The Morgan fingerprint density at radius 1 is 1.47 bits per heavy atom. The van der Waals surface area contributed by atoms with Gasteiger partial charge in [-0.2, -0.15) is 0 Å². The second kappa shape index (κ2) is 4.84. The fourth-order valence-electron chi connectivity index (χ4n) is 2.26. The van der Waals surface area contributed by atoms with E-state index in [2.05, 4.69) is 10.3 Å². The molecule has 92 valence electrons. The molecule has 0 unspecified atom stereocenters. The molecule has 4 heteroatoms. The van der Waals surface area contributed by atoms with Gasteiger partial charge in [-0.25, -0.2) is 0 Å². The number of aliphatic hydroxyl groups is 1. The zero-order valence-corrected chi connectivity index (χ0v) is 10.1. The first-order valence-corrected chi connectivity index (χ1v) is 6.02. The smallest absolute Gasteiger partial charge is 0.227 e. The summed E-state index contributed by atoms with van der Waals surface area (Å²) >= 11 is 0. The molecule has 0 aliphatic heterocycles. The molecule has 1 saturated carbocycles. The van der Waals surface area contributed by atoms with Crippen LogP contribution in [-0.2, 0) is 4.79 Å². The van der Waals surface area contributed by atoms with Gasteiger partial charge < -0.3 is 10.4 Å². The topological polar surface area (TPSA) is 62.2 Å². The summed E-state index contributed by atoms with van der Waals surface area (Å²) in [5, 5.41) is 12.9. The summed E-state index contributed by atoms with van der Waals surface area (Å²) in [7, 11) is 0. The van der Waals surface area contributed by atoms with Gasteiger partial charge >= 0.3 is 0 Å². The molecule has 2 rings (SSSR count). The van der Waals surface area contributed by atoms with E-state index in [1.54, 1.807) is 6.20 Å². The summed E-state index contributed by atoms with van der Waals surface area (Å²) in [6, 6.07) is 3.67. The number of amides is 1. The Hall–Kier alpha value is -1.42. The van der Waals surface area contributed by atoms with Crippen LogP contribution in [0.2, 0.25) is 0 Å². The second-order valence-corrected chi connectivity index (χ2v) is 4.84. The van der Waals surface area contributed by atoms with Gasteiger partial charge in [-0.3, -0.25) is 9.78 Å². The van der Waals surface area contributed by atoms with Crippen LogP contribution in [0, 0.1) is 6.92 Å². The van der Waals surface area contributed by atoms with Crippen LogP contribution < -0.4 is 5.32 Å². The molecule has 1 amide bonds. The van der Waals surface area contributed by atoms with Gasteiger partial charge in [-0.1, -0.05) is 12.8 Å². The van der Waals surface area contributed by atoms with E-state index in [1.807, 2.05) is 19.1 Å². The van der Waals surface area contributed by atoms with Crippen LogP contribution in [0.15, 0.2) is 18.3 Å². The third kappa shape index (κ3) is 3.27. The van der Waals surface area contributed by atoms with E-state index < -0.39 is 5.60 Å². The number of hydrogen-bond donors (Lipinski definition) is 2. The van der Waals surface area contributed by atoms with Crippen molar-refractivity contribution in [2.75, 3.05) is 5.32 Å². The average molecular weight is 234 g/mol. The Labute approximate surface area is 101 Å². The lowest BCUT2D eigenvalue weighted by Crippen LogP contribution is -2.30. The molecule has 0 bridgehead atoms. The largest absolute Gasteiger partial charge is 0.389 e. The fourth-order valence-corrected chi connectivity index (χ4v) is 2.26. The first kappa shape index (κ1) is 12.0. The Balaban J connectivity index is 1.91. The number of nitrogens with zero attached hydrogens (tertiary/aromatic N) is 1. The van der Waals surface area contributed by atoms with Crippen molar-refractivity contribution in [3.05, 3.63) is 24.0 Å². The van der Waals surface area contributed by atoms with Crippen molar-refractivity contribution in [2.45, 2.75) is 44.6 Å². The fraction of sp³-hybridized carbons (Fsp3) is 0.538. The van der Waals surface area contributed by atoms with Crippen LogP contribution in [0.3, 0.4) is 0 Å². The Morgan fingerprint density at radius 3 is 2.76 bits per heavy atom. The monoisotopic (exact) mass is 234 g/mol. The minimum atomic E-state index is -0.789. The molecular formula is C13H18N2O2. The SMILES string of the molecule is Cc1ccc(NC(=O)CC2(O)CCCC2)cn1. The molecule has 1 aromatic rings. The van der Waals surface area contributed by atoms with Crippen molar-refractivity contribution in [1.29, 1.82) is 0 Å². The van der Waals surface area contributed by atoms with Crippen LogP contribution in [-0.4, -0.2) is 21.6 Å². The quantitative estimate of drug-likeness (QED) is 0.841. The zero-order valence-electron chi connectivity index (χ0n) is 10.1. The van der Waals surface area contributed by atoms with Crippen molar-refractivity contribution in [3.8, 4) is 0 Å². The third-order valence-corrected chi connectivity index (χ3v) is 3.22. The minimum Gasteiger partial charge on any atom is -0.389 e. The predicted molar refractivity (Wildman–Crippen MR) is 65.6 cm³/mol. The maximum atomic E-state index is 11.8. The van der Waals surface area contributed by atoms with Crippen molar-refractivity contribution in [3.63, 3.8) is 0 Å². The average Bonchev–Trinajstić information content (AvgIpc) is 2.68. The molecule has 1 heterocycles. The number of rotatable bonds is 3. The molecule has 2 N–H and O–H groups in total. The van der Waals surface area contributed by atoms with Gasteiger partial charge in [0.1, 0.15) is 0 Å². The summed E-state index contributed by atoms with van der Waals surface area (Å²) in [4.78, 5) is 15.9. The van der Waals surface area contributed by atoms with Gasteiger partial charge in [0.05, 0.1) is 23.9 Å². The summed E-state index contributed by atoms with van der Waals surface area (Å²) in [5.74, 6) is -0.139. The highest BCUT2D eigenvalue weighted by molar-refractivity contribution is 5.91. The lowest BCUT2D eigenvalue weighted by atomic mass is 9.98. The highest BCUT2D eigenvalue weighted by Gasteiger charge is 2.33. The third-order valence-electron chi connectivity index (χ3n) is 3.22. The number of carbonyl (C=O) groups is 1. The molecular weight excluding hydrogens is 216 g/mol. The van der Waals surface area contributed by atoms with Crippen molar-refractivity contribution in [1.82, 2.24) is 4.98 Å². The van der Waals surface area contributed by atoms with Gasteiger partial charge in [0.2, 0.25) is 5.91 Å². The number of carbonyl (C=O) groups excluding carboxylic acids is 1. The zero-order chi connectivity index (χ0) is 12.3. The molecule has 17 heavy (non-hydrogen) atoms. The number of anilines is 1. The molecule has 0 atom stereocenters. The number of nitrogens with one attached hydrogen (secondary N) is 1. The van der Waals surface area contributed by atoms with Gasteiger partial charge in [0.25, 0.3) is 0 Å². The van der Waals surface area contributed by atoms with Crippen LogP contribution in [0.25, 0.3) is 0 Å². The first-order chi connectivity index (χ1) is 8.07. The normalized spacial score (nSPS) is 18.0. The Morgan fingerprint density at radius 2 is 2.18 bits per heavy atom. The standard InChI is InChI=1S/C13H18N2O2/c1-10-4-5-11(9-14-10)15-12(16)8-13(17)6-2-3-7-13/h4-5,9,17H,2-3,6-8H2,1H3,(H,15,16). The van der Waals surface area contributed by atoms with Crippen molar-refractivity contribution >= 4 is 11.6 Å². The summed E-state index contributed by atoms with van der Waals surface area (Å²) in [6.45, 7) is 1.90. The van der Waals surface area contributed by atoms with Crippen LogP contribution in [0.4, 0.5) is 5.69 Å². The molecule has 1 aliphatic rings. The molecule has 0 aromatic carbocycles. The highest BCUT2D eigenvalue weighted by Crippen LogP contribution is 2.32. The maximum Gasteiger partial charge on any atom is 0.227 e. The molecule has 4 nitrogen and oxygen atoms in total. The maximum absolute atomic E-state index is 11.8. The Bertz CT molecular complexity index is 394. The van der Waals surface area contributed by atoms with E-state index in [-0.39, 0.29) is 12.3 Å². The lowest BCUT2D eigenvalue weighted by Gasteiger charge is -2.21. The van der Waals surface area contributed by atoms with Crippen molar-refractivity contribution < 1.29 is 9.90 Å². The second-order valence-electron chi connectivity index (χ2n) is 4.84. The van der Waals surface area contributed by atoms with E-state index in [0.29, 0.717) is 5.69 Å². The number of aromatic nitrogens is 1. The van der Waals surface area contributed by atoms with Crippen LogP contribution >= 0.6 is 0 Å². The van der Waals surface area contributed by atoms with Gasteiger partial charge in [-0.05, 0) is 31.9 Å². The van der Waals surface area contributed by atoms with E-state index in [0.717, 1.165) is 31.4 Å². The first-order valence-electron chi connectivity index (χ1n) is 6.02. The summed E-state index contributed by atoms with van der Waals surface area (Å²) in [6.07, 6.45) is 5.29. The lowest BCUT2D eigenvalue weighted by molar-refractivity contribution is -0.120. The molecule has 0 saturated heterocycles. The number of hydrogen-bond acceptors (Lipinski definition) is 3. The summed E-state index contributed by atoms with van der Waals surface area (Å²) < 4.78 is 0. The summed E-state index contributed by atoms with van der Waals surface area (Å²) in [5.41, 5.74) is 0.807. The van der Waals surface area contributed by atoms with Gasteiger partial charge in [0.15, 0.2) is 0 Å². The van der Waals surface area contributed by atoms with Crippen LogP contribution in [0.5, 0.6) is 0 Å². The molecule has 0 radical (unpaired) electrons. The van der Waals surface area contributed by atoms with Gasteiger partial charge in [0, 0.05) is 5.69 Å². The highest BCUT2D eigenvalue weighted by atomic mass is 16.3. The predicted octanol–water partition coefficient (Wildman–Crippen LogP) is 2.02.